The molecule has 0 radical (unpaired) electrons. The molecular formula is C14H24N4. The van der Waals surface area contributed by atoms with Crippen molar-refractivity contribution >= 4 is 0 Å². The van der Waals surface area contributed by atoms with Gasteiger partial charge in [0.15, 0.2) is 0 Å². The molecule has 100 valence electrons. The summed E-state index contributed by atoms with van der Waals surface area (Å²) in [5.41, 5.74) is 8.04. The summed E-state index contributed by atoms with van der Waals surface area (Å²) >= 11 is 0. The number of likely N-dealkylation sites (tertiary alicyclic amines) is 1. The normalized spacial score (nSPS) is 25.7. The molecule has 4 nitrogen and oxygen atoms in total. The van der Waals surface area contributed by atoms with Gasteiger partial charge in [0.25, 0.3) is 0 Å². The number of nitrogens with zero attached hydrogens (tertiary/aromatic N) is 3. The fraction of sp³-hybridized carbons (Fsp3) is 0.786. The van der Waals surface area contributed by atoms with Crippen LogP contribution in [0.2, 0.25) is 0 Å². The number of aryl methyl sites for hydroxylation is 1. The van der Waals surface area contributed by atoms with Crippen molar-refractivity contribution < 1.29 is 0 Å². The molecule has 1 saturated heterocycles. The van der Waals surface area contributed by atoms with Gasteiger partial charge in [0.05, 0.1) is 11.7 Å². The van der Waals surface area contributed by atoms with Crippen molar-refractivity contribution in [1.29, 1.82) is 0 Å². The van der Waals surface area contributed by atoms with Crippen LogP contribution < -0.4 is 5.73 Å². The van der Waals surface area contributed by atoms with E-state index in [2.05, 4.69) is 16.1 Å². The van der Waals surface area contributed by atoms with Crippen LogP contribution in [0.5, 0.6) is 0 Å². The highest BCUT2D eigenvalue weighted by Crippen LogP contribution is 2.44. The van der Waals surface area contributed by atoms with E-state index in [0.29, 0.717) is 0 Å². The summed E-state index contributed by atoms with van der Waals surface area (Å²) in [5, 5.41) is 4.28. The van der Waals surface area contributed by atoms with Crippen LogP contribution in [0, 0.1) is 0 Å². The fourth-order valence-corrected chi connectivity index (χ4v) is 3.94. The highest BCUT2D eigenvalue weighted by atomic mass is 15.3. The minimum absolute atomic E-state index is 0.102. The number of nitrogens with two attached hydrogens (primary N) is 1. The average molecular weight is 248 g/mol. The van der Waals surface area contributed by atoms with Crippen LogP contribution in [0.25, 0.3) is 0 Å². The van der Waals surface area contributed by atoms with Gasteiger partial charge in [-0.2, -0.15) is 5.10 Å². The molecule has 2 heterocycles. The molecule has 1 aliphatic heterocycles. The van der Waals surface area contributed by atoms with Gasteiger partial charge in [0.2, 0.25) is 0 Å². The van der Waals surface area contributed by atoms with Gasteiger partial charge in [-0.1, -0.05) is 12.8 Å². The molecule has 0 amide bonds. The Kier molecular flexibility index (Phi) is 3.16. The third-order valence-corrected chi connectivity index (χ3v) is 4.96. The molecule has 1 aromatic rings. The third kappa shape index (κ3) is 1.79. The lowest BCUT2D eigenvalue weighted by molar-refractivity contribution is 0.0892. The van der Waals surface area contributed by atoms with Gasteiger partial charge in [-0.25, -0.2) is 0 Å². The largest absolute Gasteiger partial charge is 0.321 e. The Balaban J connectivity index is 1.91. The molecule has 2 aliphatic rings. The van der Waals surface area contributed by atoms with Crippen LogP contribution in [0.1, 0.15) is 50.3 Å². The van der Waals surface area contributed by atoms with Gasteiger partial charge in [0, 0.05) is 18.8 Å². The molecule has 0 bridgehead atoms. The van der Waals surface area contributed by atoms with Gasteiger partial charge >= 0.3 is 0 Å². The molecule has 1 unspecified atom stereocenters. The zero-order valence-electron chi connectivity index (χ0n) is 11.3. The lowest BCUT2D eigenvalue weighted by atomic mass is 9.85. The van der Waals surface area contributed by atoms with E-state index in [4.69, 9.17) is 5.73 Å². The molecule has 0 aromatic carbocycles. The summed E-state index contributed by atoms with van der Waals surface area (Å²) in [7, 11) is 2.00. The Morgan fingerprint density at radius 2 is 1.89 bits per heavy atom. The number of rotatable bonds is 3. The van der Waals surface area contributed by atoms with Crippen molar-refractivity contribution in [2.45, 2.75) is 50.1 Å². The molecule has 2 fully saturated rings. The van der Waals surface area contributed by atoms with Crippen LogP contribution in [0.3, 0.4) is 0 Å². The monoisotopic (exact) mass is 248 g/mol. The van der Waals surface area contributed by atoms with Crippen LogP contribution in [-0.4, -0.2) is 33.3 Å². The predicted octanol–water partition coefficient (Wildman–Crippen LogP) is 1.83. The topological polar surface area (TPSA) is 47.1 Å². The maximum Gasteiger partial charge on any atom is 0.0653 e. The Bertz CT molecular complexity index is 400. The third-order valence-electron chi connectivity index (χ3n) is 4.96. The van der Waals surface area contributed by atoms with Crippen LogP contribution in [-0.2, 0) is 7.05 Å². The number of hydrogen-bond acceptors (Lipinski definition) is 3. The lowest BCUT2D eigenvalue weighted by Gasteiger charge is -2.43. The smallest absolute Gasteiger partial charge is 0.0653 e. The SMILES string of the molecule is Cn1nccc1C(N)C1(N2CCCC2)CCCC1. The first-order valence-corrected chi connectivity index (χ1v) is 7.22. The highest BCUT2D eigenvalue weighted by Gasteiger charge is 2.46. The summed E-state index contributed by atoms with van der Waals surface area (Å²) in [5.74, 6) is 0. The molecule has 1 saturated carbocycles. The second-order valence-corrected chi connectivity index (χ2v) is 5.86. The Labute approximate surface area is 109 Å². The summed E-state index contributed by atoms with van der Waals surface area (Å²) in [6, 6.07) is 2.19. The van der Waals surface area contributed by atoms with E-state index in [1.165, 1.54) is 57.3 Å². The molecule has 3 rings (SSSR count). The maximum absolute atomic E-state index is 6.66. The minimum Gasteiger partial charge on any atom is -0.321 e. The molecule has 1 atom stereocenters. The van der Waals surface area contributed by atoms with Gasteiger partial charge in [0.1, 0.15) is 0 Å². The van der Waals surface area contributed by atoms with Gasteiger partial charge in [-0.15, -0.1) is 0 Å². The Morgan fingerprint density at radius 3 is 2.44 bits per heavy atom. The molecule has 4 heteroatoms. The van der Waals surface area contributed by atoms with Crippen molar-refractivity contribution in [3.63, 3.8) is 0 Å². The molecule has 18 heavy (non-hydrogen) atoms. The quantitative estimate of drug-likeness (QED) is 0.887. The lowest BCUT2D eigenvalue weighted by Crippen LogP contribution is -2.53. The van der Waals surface area contributed by atoms with E-state index < -0.39 is 0 Å². The van der Waals surface area contributed by atoms with E-state index in [1.807, 2.05) is 17.9 Å². The Morgan fingerprint density at radius 1 is 1.22 bits per heavy atom. The first-order chi connectivity index (χ1) is 8.74. The van der Waals surface area contributed by atoms with Crippen molar-refractivity contribution in [1.82, 2.24) is 14.7 Å². The molecule has 1 aromatic heterocycles. The molecule has 0 spiro atoms. The summed E-state index contributed by atoms with van der Waals surface area (Å²) < 4.78 is 1.95. The van der Waals surface area contributed by atoms with E-state index in [0.717, 1.165) is 0 Å². The van der Waals surface area contributed by atoms with Crippen LogP contribution in [0.15, 0.2) is 12.3 Å². The van der Waals surface area contributed by atoms with Gasteiger partial charge < -0.3 is 5.73 Å². The highest BCUT2D eigenvalue weighted by molar-refractivity contribution is 5.16. The van der Waals surface area contributed by atoms with Crippen molar-refractivity contribution in [3.8, 4) is 0 Å². The van der Waals surface area contributed by atoms with Gasteiger partial charge in [-0.3, -0.25) is 9.58 Å². The molecule has 1 aliphatic carbocycles. The zero-order valence-corrected chi connectivity index (χ0v) is 11.3. The molecule has 2 N–H and O–H groups in total. The second-order valence-electron chi connectivity index (χ2n) is 5.86. The van der Waals surface area contributed by atoms with Crippen molar-refractivity contribution in [3.05, 3.63) is 18.0 Å². The molecular weight excluding hydrogens is 224 g/mol. The van der Waals surface area contributed by atoms with E-state index in [1.54, 1.807) is 0 Å². The minimum atomic E-state index is 0.102. The predicted molar refractivity (Wildman–Crippen MR) is 72.1 cm³/mol. The van der Waals surface area contributed by atoms with Crippen molar-refractivity contribution in [2.75, 3.05) is 13.1 Å². The van der Waals surface area contributed by atoms with Crippen LogP contribution >= 0.6 is 0 Å². The zero-order chi connectivity index (χ0) is 12.6. The van der Waals surface area contributed by atoms with E-state index >= 15 is 0 Å². The number of aromatic nitrogens is 2. The van der Waals surface area contributed by atoms with Crippen LogP contribution in [0.4, 0.5) is 0 Å². The summed E-state index contributed by atoms with van der Waals surface area (Å²) in [6.45, 7) is 2.46. The van der Waals surface area contributed by atoms with Gasteiger partial charge in [-0.05, 0) is 44.8 Å². The first kappa shape index (κ1) is 12.2. The summed E-state index contributed by atoms with van der Waals surface area (Å²) in [6.07, 6.45) is 9.67. The second kappa shape index (κ2) is 4.67. The van der Waals surface area contributed by atoms with E-state index in [-0.39, 0.29) is 11.6 Å². The average Bonchev–Trinajstić information content (AvgIpc) is 3.10. The van der Waals surface area contributed by atoms with E-state index in [9.17, 15) is 0 Å². The maximum atomic E-state index is 6.66. The van der Waals surface area contributed by atoms with Crippen molar-refractivity contribution in [2.24, 2.45) is 12.8 Å². The Hall–Kier alpha value is -0.870. The number of hydrogen-bond donors (Lipinski definition) is 1. The fourth-order valence-electron chi connectivity index (χ4n) is 3.94. The standard InChI is InChI=1S/C14H24N4/c1-17-12(6-9-16-17)13(15)14(7-2-3-8-14)18-10-4-5-11-18/h6,9,13H,2-5,7-8,10-11,15H2,1H3. The summed E-state index contributed by atoms with van der Waals surface area (Å²) in [4.78, 5) is 2.66. The first-order valence-electron chi connectivity index (χ1n) is 7.22.